The first kappa shape index (κ1) is 16.7. The van der Waals surface area contributed by atoms with Crippen LogP contribution in [-0.4, -0.2) is 4.98 Å². The Kier molecular flexibility index (Phi) is 6.96. The standard InChI is InChI=1S/C19H24N2/c1-5-9-18(19(20)10-6-2)17-13-15(3)11-7-8-12-16(4)21-14-17/h5-14,18H,2,20H2,1,3-4H3/b8-7?,9-5?,11-7?,12-8?,15-11?,15-13?,16-12?,17-13?,17-14?,19-10+,21-14?,21-16?. The van der Waals surface area contributed by atoms with Gasteiger partial charge in [0.2, 0.25) is 0 Å². The van der Waals surface area contributed by atoms with Crippen molar-refractivity contribution in [3.8, 4) is 0 Å². The molecule has 0 spiro atoms. The van der Waals surface area contributed by atoms with E-state index in [2.05, 4.69) is 36.7 Å². The second-order valence-electron chi connectivity index (χ2n) is 4.91. The number of nitrogens with two attached hydrogens (primary N) is 1. The molecule has 2 heteroatoms. The lowest BCUT2D eigenvalue weighted by Crippen LogP contribution is -2.08. The third-order valence-electron chi connectivity index (χ3n) is 3.03. The summed E-state index contributed by atoms with van der Waals surface area (Å²) < 4.78 is 0. The molecule has 1 heterocycles. The first-order valence-electron chi connectivity index (χ1n) is 7.07. The van der Waals surface area contributed by atoms with Crippen LogP contribution in [-0.2, 0) is 0 Å². The minimum Gasteiger partial charge on any atom is -0.401 e. The van der Waals surface area contributed by atoms with E-state index in [1.807, 2.05) is 50.4 Å². The molecule has 1 aromatic heterocycles. The van der Waals surface area contributed by atoms with Crippen molar-refractivity contribution in [3.05, 3.63) is 89.9 Å². The molecule has 0 aliphatic carbocycles. The molecular weight excluding hydrogens is 256 g/mol. The minimum atomic E-state index is -0.00342. The van der Waals surface area contributed by atoms with Gasteiger partial charge >= 0.3 is 0 Å². The molecule has 1 rings (SSSR count). The van der Waals surface area contributed by atoms with Crippen molar-refractivity contribution < 1.29 is 0 Å². The van der Waals surface area contributed by atoms with Crippen molar-refractivity contribution in [2.75, 3.05) is 0 Å². The van der Waals surface area contributed by atoms with Crippen LogP contribution in [0.1, 0.15) is 29.7 Å². The zero-order valence-electron chi connectivity index (χ0n) is 13.1. The van der Waals surface area contributed by atoms with E-state index in [-0.39, 0.29) is 5.92 Å². The van der Waals surface area contributed by atoms with E-state index in [1.165, 1.54) is 0 Å². The molecule has 0 aliphatic rings. The van der Waals surface area contributed by atoms with Gasteiger partial charge in [0.1, 0.15) is 0 Å². The van der Waals surface area contributed by atoms with Crippen LogP contribution in [0.3, 0.4) is 0 Å². The van der Waals surface area contributed by atoms with Crippen molar-refractivity contribution in [2.24, 2.45) is 5.73 Å². The number of allylic oxidation sites excluding steroid dienone is 4. The van der Waals surface area contributed by atoms with Gasteiger partial charge in [-0.1, -0.05) is 54.6 Å². The highest BCUT2D eigenvalue weighted by Gasteiger charge is 2.10. The van der Waals surface area contributed by atoms with Crippen LogP contribution < -0.4 is 5.73 Å². The van der Waals surface area contributed by atoms with Gasteiger partial charge in [-0.25, -0.2) is 0 Å². The fourth-order valence-electron chi connectivity index (χ4n) is 1.99. The Morgan fingerprint density at radius 3 is 2.67 bits per heavy atom. The van der Waals surface area contributed by atoms with Crippen LogP contribution >= 0.6 is 0 Å². The maximum atomic E-state index is 6.17. The van der Waals surface area contributed by atoms with E-state index < -0.39 is 0 Å². The largest absolute Gasteiger partial charge is 0.401 e. The van der Waals surface area contributed by atoms with Gasteiger partial charge in [0, 0.05) is 23.5 Å². The monoisotopic (exact) mass is 280 g/mol. The maximum absolute atomic E-state index is 6.17. The predicted octanol–water partition coefficient (Wildman–Crippen LogP) is 4.51. The first-order valence-corrected chi connectivity index (χ1v) is 7.07. The fourth-order valence-corrected chi connectivity index (χ4v) is 1.99. The SMILES string of the molecule is C=C/C=C(/N)C(C=CC)c1cnc(C)ccccc(C)c1. The van der Waals surface area contributed by atoms with Crippen LogP contribution in [0, 0.1) is 13.8 Å². The Bertz CT molecular complexity index is 596. The first-order chi connectivity index (χ1) is 10.1. The molecule has 0 amide bonds. The summed E-state index contributed by atoms with van der Waals surface area (Å²) >= 11 is 0. The van der Waals surface area contributed by atoms with Gasteiger partial charge in [0.15, 0.2) is 0 Å². The lowest BCUT2D eigenvalue weighted by Gasteiger charge is -2.13. The van der Waals surface area contributed by atoms with Gasteiger partial charge < -0.3 is 5.73 Å². The molecule has 1 atom stereocenters. The molecule has 0 bridgehead atoms. The van der Waals surface area contributed by atoms with Gasteiger partial charge in [-0.15, -0.1) is 0 Å². The normalized spacial score (nSPS) is 12.8. The molecule has 0 saturated heterocycles. The van der Waals surface area contributed by atoms with E-state index in [0.29, 0.717) is 0 Å². The topological polar surface area (TPSA) is 38.9 Å². The number of rotatable bonds is 4. The Balaban J connectivity index is 3.52. The molecule has 110 valence electrons. The number of nitrogens with zero attached hydrogens (tertiary/aromatic N) is 1. The second-order valence-corrected chi connectivity index (χ2v) is 4.91. The van der Waals surface area contributed by atoms with Crippen LogP contribution in [0.15, 0.2) is 73.1 Å². The molecule has 2 N–H and O–H groups in total. The quantitative estimate of drug-likeness (QED) is 0.651. The molecule has 0 aromatic carbocycles. The Morgan fingerprint density at radius 1 is 1.29 bits per heavy atom. The molecule has 2 nitrogen and oxygen atoms in total. The number of aromatic nitrogens is 1. The van der Waals surface area contributed by atoms with E-state index >= 15 is 0 Å². The summed E-state index contributed by atoms with van der Waals surface area (Å²) in [5, 5.41) is 0. The van der Waals surface area contributed by atoms with Crippen LogP contribution in [0.25, 0.3) is 0 Å². The highest BCUT2D eigenvalue weighted by Crippen LogP contribution is 2.22. The molecule has 0 radical (unpaired) electrons. The summed E-state index contributed by atoms with van der Waals surface area (Å²) in [6.07, 6.45) is 9.50. The van der Waals surface area contributed by atoms with Crippen LogP contribution in [0.2, 0.25) is 0 Å². The number of hydrogen-bond acceptors (Lipinski definition) is 2. The zero-order valence-corrected chi connectivity index (χ0v) is 13.1. The third-order valence-corrected chi connectivity index (χ3v) is 3.03. The lowest BCUT2D eigenvalue weighted by molar-refractivity contribution is 0.953. The number of hydrogen-bond donors (Lipinski definition) is 1. The third kappa shape index (κ3) is 5.65. The summed E-state index contributed by atoms with van der Waals surface area (Å²) in [5.41, 5.74) is 10.1. The summed E-state index contributed by atoms with van der Waals surface area (Å²) in [5.74, 6) is -0.00342. The van der Waals surface area contributed by atoms with Crippen molar-refractivity contribution in [3.63, 3.8) is 0 Å². The molecule has 0 saturated carbocycles. The van der Waals surface area contributed by atoms with E-state index in [4.69, 9.17) is 5.73 Å². The summed E-state index contributed by atoms with van der Waals surface area (Å²) in [6, 6.07) is 10.2. The van der Waals surface area contributed by atoms with Crippen molar-refractivity contribution >= 4 is 0 Å². The van der Waals surface area contributed by atoms with E-state index in [1.54, 1.807) is 6.08 Å². The molecule has 1 aromatic rings. The highest BCUT2D eigenvalue weighted by molar-refractivity contribution is 5.33. The second kappa shape index (κ2) is 8.75. The van der Waals surface area contributed by atoms with Crippen LogP contribution in [0.4, 0.5) is 0 Å². The smallest absolute Gasteiger partial charge is 0.0430 e. The predicted molar refractivity (Wildman–Crippen MR) is 91.4 cm³/mol. The van der Waals surface area contributed by atoms with Gasteiger partial charge in [-0.05, 0) is 38.5 Å². The fraction of sp³-hybridized carbons (Fsp3) is 0.211. The highest BCUT2D eigenvalue weighted by atomic mass is 14.7. The Hall–Kier alpha value is -2.35. The average molecular weight is 280 g/mol. The van der Waals surface area contributed by atoms with Gasteiger partial charge in [0.05, 0.1) is 0 Å². The molecule has 0 aliphatic heterocycles. The zero-order chi connectivity index (χ0) is 15.7. The summed E-state index contributed by atoms with van der Waals surface area (Å²) in [6.45, 7) is 9.74. The van der Waals surface area contributed by atoms with E-state index in [9.17, 15) is 0 Å². The van der Waals surface area contributed by atoms with E-state index in [0.717, 1.165) is 22.5 Å². The number of aryl methyl sites for hydroxylation is 2. The minimum absolute atomic E-state index is 0.00342. The van der Waals surface area contributed by atoms with Crippen molar-refractivity contribution in [2.45, 2.75) is 26.7 Å². The Labute approximate surface area is 128 Å². The van der Waals surface area contributed by atoms with Gasteiger partial charge in [-0.3, -0.25) is 4.98 Å². The summed E-state index contributed by atoms with van der Waals surface area (Å²) in [7, 11) is 0. The van der Waals surface area contributed by atoms with Crippen molar-refractivity contribution in [1.29, 1.82) is 0 Å². The lowest BCUT2D eigenvalue weighted by atomic mass is 9.96. The molecule has 0 fully saturated rings. The van der Waals surface area contributed by atoms with Crippen LogP contribution in [0.5, 0.6) is 0 Å². The summed E-state index contributed by atoms with van der Waals surface area (Å²) in [4.78, 5) is 4.49. The maximum Gasteiger partial charge on any atom is 0.0430 e. The Morgan fingerprint density at radius 2 is 2.00 bits per heavy atom. The molecule has 1 unspecified atom stereocenters. The van der Waals surface area contributed by atoms with Gasteiger partial charge in [-0.2, -0.15) is 0 Å². The van der Waals surface area contributed by atoms with Crippen molar-refractivity contribution in [1.82, 2.24) is 4.98 Å². The average Bonchev–Trinajstić information content (AvgIpc) is 2.45. The molecule has 21 heavy (non-hydrogen) atoms. The van der Waals surface area contributed by atoms with Gasteiger partial charge in [0.25, 0.3) is 0 Å². The molecular formula is C19H24N2.